The van der Waals surface area contributed by atoms with Crippen molar-refractivity contribution in [1.82, 2.24) is 10.2 Å². The average molecular weight is 588 g/mol. The Labute approximate surface area is 241 Å². The van der Waals surface area contributed by atoms with E-state index in [4.69, 9.17) is 11.6 Å². The number of hydrogen-bond acceptors (Lipinski definition) is 4. The van der Waals surface area contributed by atoms with Crippen LogP contribution in [-0.4, -0.2) is 44.3 Å². The van der Waals surface area contributed by atoms with Gasteiger partial charge in [-0.3, -0.25) is 13.9 Å². The van der Waals surface area contributed by atoms with E-state index in [-0.39, 0.29) is 29.0 Å². The van der Waals surface area contributed by atoms with E-state index < -0.39 is 34.3 Å². The number of benzene rings is 3. The first-order valence-electron chi connectivity index (χ1n) is 13.0. The second kappa shape index (κ2) is 13.3. The number of amides is 2. The Kier molecular flexibility index (Phi) is 10.3. The standard InChI is InChI=1S/C30H35ClFN3O4S/c1-20(2)17-33-30(37)23(5)34(18-24-11-13-25(32)14-12-24)29(36)19-35(28-8-6-7-27(31)22(28)4)40(38,39)26-15-9-21(3)10-16-26/h6-16,20,23H,17-19H2,1-5H3,(H,33,37)/t23-/m1/s1. The van der Waals surface area contributed by atoms with Gasteiger partial charge in [0.05, 0.1) is 10.6 Å². The molecule has 0 bridgehead atoms. The highest BCUT2D eigenvalue weighted by Gasteiger charge is 2.33. The molecule has 0 radical (unpaired) electrons. The molecule has 0 fully saturated rings. The summed E-state index contributed by atoms with van der Waals surface area (Å²) in [7, 11) is -4.21. The molecule has 40 heavy (non-hydrogen) atoms. The number of hydrogen-bond donors (Lipinski definition) is 1. The smallest absolute Gasteiger partial charge is 0.264 e. The SMILES string of the molecule is Cc1ccc(S(=O)(=O)N(CC(=O)N(Cc2ccc(F)cc2)[C@H](C)C(=O)NCC(C)C)c2cccc(Cl)c2C)cc1. The highest BCUT2D eigenvalue weighted by molar-refractivity contribution is 7.92. The van der Waals surface area contributed by atoms with Crippen molar-refractivity contribution in [2.24, 2.45) is 5.92 Å². The van der Waals surface area contributed by atoms with Crippen LogP contribution in [0.1, 0.15) is 37.5 Å². The Bertz CT molecular complexity index is 1440. The lowest BCUT2D eigenvalue weighted by Crippen LogP contribution is -2.51. The molecule has 3 aromatic carbocycles. The van der Waals surface area contributed by atoms with E-state index in [0.717, 1.165) is 9.87 Å². The number of carbonyl (C=O) groups is 2. The van der Waals surface area contributed by atoms with E-state index in [1.54, 1.807) is 44.2 Å². The van der Waals surface area contributed by atoms with Crippen LogP contribution in [0, 0.1) is 25.6 Å². The number of anilines is 1. The summed E-state index contributed by atoms with van der Waals surface area (Å²) in [6.45, 7) is 8.82. The van der Waals surface area contributed by atoms with Gasteiger partial charge >= 0.3 is 0 Å². The average Bonchev–Trinajstić information content (AvgIpc) is 2.91. The summed E-state index contributed by atoms with van der Waals surface area (Å²) in [5.74, 6) is -1.22. The largest absolute Gasteiger partial charge is 0.354 e. The van der Waals surface area contributed by atoms with E-state index in [1.807, 2.05) is 20.8 Å². The zero-order valence-electron chi connectivity index (χ0n) is 23.3. The number of aryl methyl sites for hydroxylation is 1. The monoisotopic (exact) mass is 587 g/mol. The number of nitrogens with one attached hydrogen (secondary N) is 1. The van der Waals surface area contributed by atoms with E-state index in [2.05, 4.69) is 5.32 Å². The summed E-state index contributed by atoms with van der Waals surface area (Å²) >= 11 is 6.35. The molecule has 1 N–H and O–H groups in total. The molecule has 0 unspecified atom stereocenters. The van der Waals surface area contributed by atoms with Crippen LogP contribution in [0.15, 0.2) is 71.6 Å². The van der Waals surface area contributed by atoms with Crippen LogP contribution in [-0.2, 0) is 26.2 Å². The van der Waals surface area contributed by atoms with Crippen molar-refractivity contribution >= 4 is 39.1 Å². The van der Waals surface area contributed by atoms with Crippen molar-refractivity contribution < 1.29 is 22.4 Å². The summed E-state index contributed by atoms with van der Waals surface area (Å²) in [4.78, 5) is 28.3. The summed E-state index contributed by atoms with van der Waals surface area (Å²) in [5, 5.41) is 3.18. The third-order valence-corrected chi connectivity index (χ3v) is 8.70. The number of nitrogens with zero attached hydrogens (tertiary/aromatic N) is 2. The molecular formula is C30H35ClFN3O4S. The third kappa shape index (κ3) is 7.61. The van der Waals surface area contributed by atoms with Crippen LogP contribution in [0.4, 0.5) is 10.1 Å². The van der Waals surface area contributed by atoms with Gasteiger partial charge < -0.3 is 10.2 Å². The van der Waals surface area contributed by atoms with Crippen molar-refractivity contribution in [1.29, 1.82) is 0 Å². The second-order valence-electron chi connectivity index (χ2n) is 10.2. The Balaban J connectivity index is 2.05. The van der Waals surface area contributed by atoms with Gasteiger partial charge in [-0.25, -0.2) is 12.8 Å². The Morgan fingerprint density at radius 2 is 1.57 bits per heavy atom. The molecule has 7 nitrogen and oxygen atoms in total. The molecule has 0 aromatic heterocycles. The van der Waals surface area contributed by atoms with Gasteiger partial charge in [0.1, 0.15) is 18.4 Å². The third-order valence-electron chi connectivity index (χ3n) is 6.51. The predicted molar refractivity (Wildman–Crippen MR) is 156 cm³/mol. The summed E-state index contributed by atoms with van der Waals surface area (Å²) in [6, 6.07) is 15.8. The summed E-state index contributed by atoms with van der Waals surface area (Å²) in [5.41, 5.74) is 2.21. The maximum Gasteiger partial charge on any atom is 0.264 e. The van der Waals surface area contributed by atoms with E-state index in [9.17, 15) is 22.4 Å². The topological polar surface area (TPSA) is 86.8 Å². The Morgan fingerprint density at radius 1 is 0.950 bits per heavy atom. The second-order valence-corrected chi connectivity index (χ2v) is 12.4. The molecule has 2 amide bonds. The van der Waals surface area contributed by atoms with E-state index in [1.165, 1.54) is 41.3 Å². The maximum atomic E-state index is 13.9. The highest BCUT2D eigenvalue weighted by atomic mass is 35.5. The van der Waals surface area contributed by atoms with Crippen LogP contribution < -0.4 is 9.62 Å². The molecule has 0 aliphatic heterocycles. The fraction of sp³-hybridized carbons (Fsp3) is 0.333. The molecule has 0 spiro atoms. The Hall–Kier alpha value is -3.43. The molecular weight excluding hydrogens is 553 g/mol. The van der Waals surface area contributed by atoms with Crippen LogP contribution in [0.25, 0.3) is 0 Å². The van der Waals surface area contributed by atoms with Gasteiger partial charge in [-0.15, -0.1) is 0 Å². The molecule has 0 aliphatic carbocycles. The van der Waals surface area contributed by atoms with Gasteiger partial charge in [-0.1, -0.05) is 61.3 Å². The lowest BCUT2D eigenvalue weighted by Gasteiger charge is -2.32. The van der Waals surface area contributed by atoms with Gasteiger partial charge in [0.25, 0.3) is 10.0 Å². The number of carbonyl (C=O) groups excluding carboxylic acids is 2. The molecule has 10 heteroatoms. The van der Waals surface area contributed by atoms with Crippen LogP contribution in [0.3, 0.4) is 0 Å². The minimum absolute atomic E-state index is 0.0121. The maximum absolute atomic E-state index is 13.9. The predicted octanol–water partition coefficient (Wildman–Crippen LogP) is 5.48. The lowest BCUT2D eigenvalue weighted by atomic mass is 10.1. The van der Waals surface area contributed by atoms with Crippen molar-refractivity contribution in [2.45, 2.75) is 52.1 Å². The lowest BCUT2D eigenvalue weighted by molar-refractivity contribution is -0.139. The first-order valence-corrected chi connectivity index (χ1v) is 14.8. The fourth-order valence-electron chi connectivity index (χ4n) is 4.04. The number of rotatable bonds is 11. The van der Waals surface area contributed by atoms with Crippen molar-refractivity contribution in [3.63, 3.8) is 0 Å². The molecule has 0 aliphatic rings. The minimum Gasteiger partial charge on any atom is -0.354 e. The van der Waals surface area contributed by atoms with Crippen molar-refractivity contribution in [3.05, 3.63) is 94.3 Å². The van der Waals surface area contributed by atoms with Crippen LogP contribution in [0.2, 0.25) is 5.02 Å². The molecule has 3 aromatic rings. The van der Waals surface area contributed by atoms with Gasteiger partial charge in [-0.05, 0) is 74.2 Å². The van der Waals surface area contributed by atoms with Gasteiger partial charge in [0, 0.05) is 18.1 Å². The van der Waals surface area contributed by atoms with E-state index >= 15 is 0 Å². The first-order chi connectivity index (χ1) is 18.8. The summed E-state index contributed by atoms with van der Waals surface area (Å²) < 4.78 is 42.5. The molecule has 0 saturated carbocycles. The van der Waals surface area contributed by atoms with Gasteiger partial charge in [0.15, 0.2) is 0 Å². The van der Waals surface area contributed by atoms with E-state index in [0.29, 0.717) is 22.7 Å². The van der Waals surface area contributed by atoms with Crippen LogP contribution >= 0.6 is 11.6 Å². The summed E-state index contributed by atoms with van der Waals surface area (Å²) in [6.07, 6.45) is 0. The Morgan fingerprint density at radius 3 is 2.17 bits per heavy atom. The van der Waals surface area contributed by atoms with Crippen molar-refractivity contribution in [3.8, 4) is 0 Å². The molecule has 0 heterocycles. The molecule has 0 saturated heterocycles. The quantitative estimate of drug-likeness (QED) is 0.322. The molecule has 214 valence electrons. The number of halogens is 2. The molecule has 1 atom stereocenters. The van der Waals surface area contributed by atoms with Crippen molar-refractivity contribution in [2.75, 3.05) is 17.4 Å². The van der Waals surface area contributed by atoms with Gasteiger partial charge in [0.2, 0.25) is 11.8 Å². The zero-order chi connectivity index (χ0) is 29.6. The first kappa shape index (κ1) is 31.1. The normalized spacial score (nSPS) is 12.2. The van der Waals surface area contributed by atoms with Gasteiger partial charge in [-0.2, -0.15) is 0 Å². The number of sulfonamides is 1. The highest BCUT2D eigenvalue weighted by Crippen LogP contribution is 2.31. The minimum atomic E-state index is -4.21. The fourth-order valence-corrected chi connectivity index (χ4v) is 5.68. The van der Waals surface area contributed by atoms with Crippen LogP contribution in [0.5, 0.6) is 0 Å². The molecule has 3 rings (SSSR count). The zero-order valence-corrected chi connectivity index (χ0v) is 24.9.